The number of carbonyl (C=O) groups is 1. The van der Waals surface area contributed by atoms with Crippen molar-refractivity contribution in [3.63, 3.8) is 0 Å². The van der Waals surface area contributed by atoms with E-state index in [2.05, 4.69) is 5.32 Å². The van der Waals surface area contributed by atoms with Gasteiger partial charge in [0.1, 0.15) is 4.21 Å². The lowest BCUT2D eigenvalue weighted by molar-refractivity contribution is 0.0866. The van der Waals surface area contributed by atoms with Crippen LogP contribution in [-0.4, -0.2) is 34.1 Å². The van der Waals surface area contributed by atoms with E-state index in [9.17, 15) is 13.2 Å². The first-order valence-corrected chi connectivity index (χ1v) is 8.51. The van der Waals surface area contributed by atoms with Gasteiger partial charge in [0, 0.05) is 12.5 Å². The minimum absolute atomic E-state index is 0.0236. The predicted molar refractivity (Wildman–Crippen MR) is 78.4 cm³/mol. The summed E-state index contributed by atoms with van der Waals surface area (Å²) in [6.07, 6.45) is 0. The van der Waals surface area contributed by atoms with Gasteiger partial charge in [0.25, 0.3) is 5.91 Å². The number of methoxy groups -OCH3 is 1. The molecule has 114 valence electrons. The Morgan fingerprint density at radius 3 is 2.50 bits per heavy atom. The molecule has 8 heteroatoms. The number of thiophene rings is 1. The Labute approximate surface area is 123 Å². The zero-order valence-corrected chi connectivity index (χ0v) is 13.6. The maximum Gasteiger partial charge on any atom is 0.252 e. The molecule has 0 aliphatic rings. The number of ether oxygens (including phenoxy) is 1. The van der Waals surface area contributed by atoms with E-state index in [4.69, 9.17) is 9.88 Å². The molecule has 0 bridgehead atoms. The number of hydrogen-bond donors (Lipinski definition) is 2. The highest BCUT2D eigenvalue weighted by Gasteiger charge is 2.23. The van der Waals surface area contributed by atoms with Crippen molar-refractivity contribution < 1.29 is 17.9 Å². The summed E-state index contributed by atoms with van der Waals surface area (Å²) in [5.74, 6) is -0.111. The van der Waals surface area contributed by atoms with E-state index >= 15 is 0 Å². The van der Waals surface area contributed by atoms with Gasteiger partial charge in [-0.1, -0.05) is 13.8 Å². The number of amides is 1. The third kappa shape index (κ3) is 4.02. The normalized spacial score (nSPS) is 13.5. The lowest BCUT2D eigenvalue weighted by Crippen LogP contribution is -2.41. The van der Waals surface area contributed by atoms with E-state index < -0.39 is 10.0 Å². The van der Waals surface area contributed by atoms with Crippen LogP contribution in [-0.2, 0) is 14.8 Å². The summed E-state index contributed by atoms with van der Waals surface area (Å²) in [5.41, 5.74) is 0.718. The number of carbonyl (C=O) groups excluding carboxylic acids is 1. The monoisotopic (exact) mass is 320 g/mol. The summed E-state index contributed by atoms with van der Waals surface area (Å²) >= 11 is 0.955. The maximum atomic E-state index is 12.2. The molecule has 0 aromatic carbocycles. The molecule has 6 nitrogen and oxygen atoms in total. The first kappa shape index (κ1) is 17.1. The van der Waals surface area contributed by atoms with Gasteiger partial charge in [-0.2, -0.15) is 0 Å². The van der Waals surface area contributed by atoms with Crippen molar-refractivity contribution in [1.82, 2.24) is 5.32 Å². The van der Waals surface area contributed by atoms with E-state index in [1.807, 2.05) is 13.8 Å². The van der Waals surface area contributed by atoms with Gasteiger partial charge in [-0.05, 0) is 18.4 Å². The number of hydrogen-bond acceptors (Lipinski definition) is 5. The van der Waals surface area contributed by atoms with Crippen molar-refractivity contribution >= 4 is 27.3 Å². The molecule has 1 unspecified atom stereocenters. The van der Waals surface area contributed by atoms with Crippen molar-refractivity contribution in [2.75, 3.05) is 13.7 Å². The highest BCUT2D eigenvalue weighted by Crippen LogP contribution is 2.25. The van der Waals surface area contributed by atoms with Gasteiger partial charge >= 0.3 is 0 Å². The predicted octanol–water partition coefficient (Wildman–Crippen LogP) is 1.10. The molecule has 20 heavy (non-hydrogen) atoms. The van der Waals surface area contributed by atoms with Gasteiger partial charge in [0.2, 0.25) is 10.0 Å². The third-order valence-corrected chi connectivity index (χ3v) is 5.65. The van der Waals surface area contributed by atoms with Crippen LogP contribution in [0.5, 0.6) is 0 Å². The van der Waals surface area contributed by atoms with Gasteiger partial charge in [0.15, 0.2) is 0 Å². The Bertz CT molecular complexity index is 578. The molecule has 1 rings (SSSR count). The number of rotatable bonds is 6. The van der Waals surface area contributed by atoms with Crippen molar-refractivity contribution in [3.05, 3.63) is 16.5 Å². The second kappa shape index (κ2) is 6.66. The fraction of sp³-hybridized carbons (Fsp3) is 0.583. The quantitative estimate of drug-likeness (QED) is 0.820. The molecule has 0 spiro atoms. The largest absolute Gasteiger partial charge is 0.383 e. The number of nitrogens with one attached hydrogen (secondary N) is 1. The van der Waals surface area contributed by atoms with Crippen LogP contribution in [0.25, 0.3) is 0 Å². The number of sulfonamides is 1. The van der Waals surface area contributed by atoms with Crippen LogP contribution < -0.4 is 10.5 Å². The second-order valence-corrected chi connectivity index (χ2v) is 7.52. The molecule has 3 N–H and O–H groups in total. The minimum atomic E-state index is -3.79. The molecule has 0 aliphatic carbocycles. The summed E-state index contributed by atoms with van der Waals surface area (Å²) in [6.45, 7) is 5.92. The van der Waals surface area contributed by atoms with Crippen LogP contribution in [0.15, 0.2) is 9.59 Å². The molecule has 0 saturated heterocycles. The van der Waals surface area contributed by atoms with E-state index in [-0.39, 0.29) is 22.1 Å². The van der Waals surface area contributed by atoms with Crippen molar-refractivity contribution in [3.8, 4) is 0 Å². The zero-order valence-electron chi connectivity index (χ0n) is 12.0. The lowest BCUT2D eigenvalue weighted by Gasteiger charge is -2.21. The highest BCUT2D eigenvalue weighted by atomic mass is 32.2. The maximum absolute atomic E-state index is 12.2. The zero-order chi connectivity index (χ0) is 15.5. The second-order valence-electron chi connectivity index (χ2n) is 4.89. The molecular formula is C12H20N2O4S2. The number of primary sulfonamides is 1. The van der Waals surface area contributed by atoms with E-state index in [1.54, 1.807) is 14.0 Å². The minimum Gasteiger partial charge on any atom is -0.383 e. The average Bonchev–Trinajstić information content (AvgIpc) is 2.70. The number of nitrogens with two attached hydrogens (primary N) is 1. The Hall–Kier alpha value is -0.960. The van der Waals surface area contributed by atoms with E-state index in [0.717, 1.165) is 11.3 Å². The lowest BCUT2D eigenvalue weighted by atomic mass is 10.0. The van der Waals surface area contributed by atoms with Crippen molar-refractivity contribution in [2.45, 2.75) is 31.0 Å². The van der Waals surface area contributed by atoms with Crippen LogP contribution >= 0.6 is 11.3 Å². The fourth-order valence-corrected chi connectivity index (χ4v) is 3.74. The van der Waals surface area contributed by atoms with Gasteiger partial charge < -0.3 is 10.1 Å². The Morgan fingerprint density at radius 2 is 2.10 bits per heavy atom. The molecule has 1 aromatic heterocycles. The summed E-state index contributed by atoms with van der Waals surface area (Å²) in [7, 11) is -2.22. The van der Waals surface area contributed by atoms with Crippen LogP contribution in [0.3, 0.4) is 0 Å². The average molecular weight is 320 g/mol. The first-order chi connectivity index (χ1) is 9.18. The van der Waals surface area contributed by atoms with Gasteiger partial charge in [0.05, 0.1) is 18.2 Å². The summed E-state index contributed by atoms with van der Waals surface area (Å²) in [5, 5.41) is 9.45. The molecule has 1 amide bonds. The smallest absolute Gasteiger partial charge is 0.252 e. The van der Waals surface area contributed by atoms with Crippen molar-refractivity contribution in [2.24, 2.45) is 11.1 Å². The molecule has 1 heterocycles. The topological polar surface area (TPSA) is 98.5 Å². The molecular weight excluding hydrogens is 300 g/mol. The summed E-state index contributed by atoms with van der Waals surface area (Å²) in [6, 6.07) is -0.135. The SMILES string of the molecule is COCC(NC(=O)c1csc(S(N)(=O)=O)c1C)C(C)C. The van der Waals surface area contributed by atoms with E-state index in [1.165, 1.54) is 5.38 Å². The van der Waals surface area contributed by atoms with E-state index in [0.29, 0.717) is 17.7 Å². The molecule has 0 aliphatic heterocycles. The van der Waals surface area contributed by atoms with Crippen LogP contribution in [0.4, 0.5) is 0 Å². The summed E-state index contributed by atoms with van der Waals surface area (Å²) < 4.78 is 27.8. The molecule has 0 saturated carbocycles. The van der Waals surface area contributed by atoms with Crippen molar-refractivity contribution in [1.29, 1.82) is 0 Å². The molecule has 1 aromatic rings. The van der Waals surface area contributed by atoms with Crippen LogP contribution in [0.1, 0.15) is 29.8 Å². The van der Waals surface area contributed by atoms with Gasteiger partial charge in [-0.25, -0.2) is 13.6 Å². The Kier molecular flexibility index (Phi) is 5.69. The van der Waals surface area contributed by atoms with Gasteiger partial charge in [-0.15, -0.1) is 11.3 Å². The Balaban J connectivity index is 2.96. The highest BCUT2D eigenvalue weighted by molar-refractivity contribution is 7.91. The first-order valence-electron chi connectivity index (χ1n) is 6.09. The third-order valence-electron chi connectivity index (χ3n) is 2.96. The van der Waals surface area contributed by atoms with Crippen LogP contribution in [0.2, 0.25) is 0 Å². The standard InChI is InChI=1S/C12H20N2O4S2/c1-7(2)10(5-18-4)14-11(15)9-6-19-12(8(9)3)20(13,16)17/h6-7,10H,5H2,1-4H3,(H,14,15)(H2,13,16,17). The molecule has 1 atom stereocenters. The van der Waals surface area contributed by atoms with Gasteiger partial charge in [-0.3, -0.25) is 4.79 Å². The Morgan fingerprint density at radius 1 is 1.50 bits per heavy atom. The van der Waals surface area contributed by atoms with Crippen LogP contribution in [0, 0.1) is 12.8 Å². The fourth-order valence-electron chi connectivity index (χ4n) is 1.73. The summed E-state index contributed by atoms with van der Waals surface area (Å²) in [4.78, 5) is 12.2. The molecule has 0 fully saturated rings. The molecule has 0 radical (unpaired) electrons.